The molecule has 0 amide bonds. The van der Waals surface area contributed by atoms with Crippen molar-refractivity contribution in [2.45, 2.75) is 17.7 Å². The molecular weight excluding hydrogens is 504 g/mol. The Bertz CT molecular complexity index is 1330. The van der Waals surface area contributed by atoms with Gasteiger partial charge in [0.15, 0.2) is 11.5 Å². The Morgan fingerprint density at radius 3 is 2.26 bits per heavy atom. The summed E-state index contributed by atoms with van der Waals surface area (Å²) in [6, 6.07) is 11.5. The summed E-state index contributed by atoms with van der Waals surface area (Å²) >= 11 is 6.12. The van der Waals surface area contributed by atoms with Crippen LogP contribution >= 0.6 is 11.6 Å². The van der Waals surface area contributed by atoms with Gasteiger partial charge in [-0.1, -0.05) is 17.7 Å². The predicted octanol–water partition coefficient (Wildman–Crippen LogP) is 4.90. The van der Waals surface area contributed by atoms with Crippen LogP contribution in [-0.4, -0.2) is 40.3 Å². The van der Waals surface area contributed by atoms with Crippen molar-refractivity contribution < 1.29 is 36.6 Å². The van der Waals surface area contributed by atoms with Gasteiger partial charge in [0.25, 0.3) is 10.0 Å². The lowest BCUT2D eigenvalue weighted by atomic mass is 10.0. The van der Waals surface area contributed by atoms with E-state index in [0.717, 1.165) is 16.4 Å². The summed E-state index contributed by atoms with van der Waals surface area (Å²) in [5, 5.41) is 9.45. The molecule has 0 heterocycles. The van der Waals surface area contributed by atoms with Gasteiger partial charge in [0.2, 0.25) is 0 Å². The average Bonchev–Trinajstić information content (AvgIpc) is 2.81. The van der Waals surface area contributed by atoms with Crippen LogP contribution in [0.4, 0.5) is 14.5 Å². The number of benzene rings is 3. The molecule has 0 aliphatic rings. The molecule has 3 aromatic rings. The summed E-state index contributed by atoms with van der Waals surface area (Å²) in [5.41, 5.74) is -0.0539. The molecular formula is C24H22ClF2NO6S. The largest absolute Gasteiger partial charge is 0.493 e. The van der Waals surface area contributed by atoms with Crippen molar-refractivity contribution in [3.05, 3.63) is 82.4 Å². The van der Waals surface area contributed by atoms with Crippen molar-refractivity contribution in [1.82, 2.24) is 0 Å². The number of aliphatic carboxylic acids is 1. The highest BCUT2D eigenvalue weighted by molar-refractivity contribution is 7.92. The summed E-state index contributed by atoms with van der Waals surface area (Å²) in [6.07, 6.45) is -0.845. The summed E-state index contributed by atoms with van der Waals surface area (Å²) in [5.74, 6) is -2.40. The van der Waals surface area contributed by atoms with Gasteiger partial charge in [0.05, 0.1) is 31.2 Å². The Morgan fingerprint density at radius 1 is 1.00 bits per heavy atom. The second-order valence-electron chi connectivity index (χ2n) is 7.39. The molecule has 0 fully saturated rings. The quantitative estimate of drug-likeness (QED) is 0.405. The Kier molecular flexibility index (Phi) is 8.18. The normalized spacial score (nSPS) is 11.2. The van der Waals surface area contributed by atoms with Crippen LogP contribution in [-0.2, 0) is 21.2 Å². The zero-order chi connectivity index (χ0) is 25.8. The molecule has 3 rings (SSSR count). The predicted molar refractivity (Wildman–Crippen MR) is 127 cm³/mol. The number of methoxy groups -OCH3 is 2. The number of carboxylic acid groups (broad SMARTS) is 1. The summed E-state index contributed by atoms with van der Waals surface area (Å²) in [4.78, 5) is 11.1. The fourth-order valence-electron chi connectivity index (χ4n) is 3.50. The third-order valence-electron chi connectivity index (χ3n) is 5.21. The van der Waals surface area contributed by atoms with Gasteiger partial charge in [0.1, 0.15) is 11.6 Å². The van der Waals surface area contributed by atoms with E-state index in [0.29, 0.717) is 5.75 Å². The number of anilines is 1. The smallest absolute Gasteiger partial charge is 0.305 e. The number of hydrogen-bond donors (Lipinski definition) is 1. The van der Waals surface area contributed by atoms with E-state index >= 15 is 0 Å². The minimum atomic E-state index is -4.35. The second kappa shape index (κ2) is 10.9. The van der Waals surface area contributed by atoms with Gasteiger partial charge in [-0.05, 0) is 48.0 Å². The molecule has 7 nitrogen and oxygen atoms in total. The van der Waals surface area contributed by atoms with Crippen LogP contribution < -0.4 is 13.8 Å². The van der Waals surface area contributed by atoms with E-state index in [1.54, 1.807) is 0 Å². The van der Waals surface area contributed by atoms with Gasteiger partial charge in [-0.2, -0.15) is 0 Å². The second-order valence-corrected chi connectivity index (χ2v) is 9.69. The topological polar surface area (TPSA) is 93.1 Å². The van der Waals surface area contributed by atoms with E-state index in [1.807, 2.05) is 0 Å². The number of carboxylic acids is 1. The lowest BCUT2D eigenvalue weighted by Gasteiger charge is -2.27. The molecule has 11 heteroatoms. The summed E-state index contributed by atoms with van der Waals surface area (Å²) in [7, 11) is -1.61. The lowest BCUT2D eigenvalue weighted by Crippen LogP contribution is -2.34. The number of carbonyl (C=O) groups is 1. The van der Waals surface area contributed by atoms with Crippen molar-refractivity contribution in [2.75, 3.05) is 25.1 Å². The van der Waals surface area contributed by atoms with Gasteiger partial charge in [-0.25, -0.2) is 17.2 Å². The Labute approximate surface area is 206 Å². The first kappa shape index (κ1) is 26.2. The zero-order valence-corrected chi connectivity index (χ0v) is 20.4. The van der Waals surface area contributed by atoms with Gasteiger partial charge in [-0.3, -0.25) is 9.10 Å². The van der Waals surface area contributed by atoms with E-state index in [1.165, 1.54) is 56.7 Å². The van der Waals surface area contributed by atoms with Crippen LogP contribution in [0.25, 0.3) is 0 Å². The summed E-state index contributed by atoms with van der Waals surface area (Å²) < 4.78 is 67.4. The maximum atomic E-state index is 14.4. The number of rotatable bonds is 10. The molecule has 0 unspecified atom stereocenters. The van der Waals surface area contributed by atoms with Crippen LogP contribution in [0.1, 0.15) is 17.5 Å². The fraction of sp³-hybridized carbons (Fsp3) is 0.208. The zero-order valence-electron chi connectivity index (χ0n) is 18.8. The van der Waals surface area contributed by atoms with E-state index in [2.05, 4.69) is 0 Å². The molecule has 0 aliphatic heterocycles. The standard InChI is InChI=1S/C24H22ClF2NO6S/c1-33-22-9-7-17(14-23(22)34-2)35(31,32)28(11-10-24(29)30)21-8-6-16(25)12-15(21)13-18-19(26)4-3-5-20(18)27/h3-9,12,14H,10-11,13H2,1-2H3,(H,29,30). The van der Waals surface area contributed by atoms with Crippen molar-refractivity contribution in [1.29, 1.82) is 0 Å². The molecule has 35 heavy (non-hydrogen) atoms. The van der Waals surface area contributed by atoms with E-state index < -0.39 is 40.6 Å². The first-order valence-corrected chi connectivity index (χ1v) is 12.1. The van der Waals surface area contributed by atoms with Crippen LogP contribution in [0.5, 0.6) is 11.5 Å². The molecule has 186 valence electrons. The Morgan fingerprint density at radius 2 is 1.66 bits per heavy atom. The number of nitrogens with zero attached hydrogens (tertiary/aromatic N) is 1. The SMILES string of the molecule is COc1ccc(S(=O)(=O)N(CCC(=O)O)c2ccc(Cl)cc2Cc2c(F)cccc2F)cc1OC. The Hall–Kier alpha value is -3.37. The van der Waals surface area contributed by atoms with E-state index in [4.69, 9.17) is 21.1 Å². The molecule has 0 radical (unpaired) electrons. The highest BCUT2D eigenvalue weighted by Gasteiger charge is 2.29. The van der Waals surface area contributed by atoms with Crippen molar-refractivity contribution in [2.24, 2.45) is 0 Å². The van der Waals surface area contributed by atoms with Crippen LogP contribution in [0, 0.1) is 11.6 Å². The molecule has 3 aromatic carbocycles. The maximum Gasteiger partial charge on any atom is 0.305 e. The highest BCUT2D eigenvalue weighted by atomic mass is 35.5. The molecule has 0 aliphatic carbocycles. The van der Waals surface area contributed by atoms with Gasteiger partial charge in [-0.15, -0.1) is 0 Å². The van der Waals surface area contributed by atoms with Gasteiger partial charge >= 0.3 is 5.97 Å². The minimum absolute atomic E-state index is 0.0353. The van der Waals surface area contributed by atoms with E-state index in [9.17, 15) is 27.1 Å². The number of ether oxygens (including phenoxy) is 2. The maximum absolute atomic E-state index is 14.4. The van der Waals surface area contributed by atoms with Gasteiger partial charge in [0, 0.05) is 29.6 Å². The van der Waals surface area contributed by atoms with Gasteiger partial charge < -0.3 is 14.6 Å². The van der Waals surface area contributed by atoms with Crippen LogP contribution in [0.15, 0.2) is 59.5 Å². The third-order valence-corrected chi connectivity index (χ3v) is 7.26. The molecule has 0 aromatic heterocycles. The number of halogens is 3. The minimum Gasteiger partial charge on any atom is -0.493 e. The molecule has 0 spiro atoms. The number of hydrogen-bond acceptors (Lipinski definition) is 5. The molecule has 1 N–H and O–H groups in total. The molecule has 0 saturated carbocycles. The number of sulfonamides is 1. The molecule has 0 saturated heterocycles. The van der Waals surface area contributed by atoms with E-state index in [-0.39, 0.29) is 38.9 Å². The third kappa shape index (κ3) is 5.83. The highest BCUT2D eigenvalue weighted by Crippen LogP contribution is 2.35. The average molecular weight is 526 g/mol. The lowest BCUT2D eigenvalue weighted by molar-refractivity contribution is -0.136. The monoisotopic (exact) mass is 525 g/mol. The first-order chi connectivity index (χ1) is 16.6. The fourth-order valence-corrected chi connectivity index (χ4v) is 5.22. The Balaban J connectivity index is 2.17. The van der Waals surface area contributed by atoms with Crippen LogP contribution in [0.2, 0.25) is 5.02 Å². The summed E-state index contributed by atoms with van der Waals surface area (Å²) in [6.45, 7) is -0.444. The molecule has 0 bridgehead atoms. The first-order valence-electron chi connectivity index (χ1n) is 10.3. The van der Waals surface area contributed by atoms with Crippen molar-refractivity contribution in [3.63, 3.8) is 0 Å². The van der Waals surface area contributed by atoms with Crippen molar-refractivity contribution >= 4 is 33.3 Å². The molecule has 0 atom stereocenters. The van der Waals surface area contributed by atoms with Crippen molar-refractivity contribution in [3.8, 4) is 11.5 Å². The van der Waals surface area contributed by atoms with Crippen LogP contribution in [0.3, 0.4) is 0 Å².